The summed E-state index contributed by atoms with van der Waals surface area (Å²) < 4.78 is 8.52. The van der Waals surface area contributed by atoms with Crippen molar-refractivity contribution in [2.75, 3.05) is 0 Å². The highest BCUT2D eigenvalue weighted by atomic mass is 35.5. The van der Waals surface area contributed by atoms with E-state index in [1.807, 2.05) is 32.0 Å². The number of aryl methyl sites for hydroxylation is 2. The van der Waals surface area contributed by atoms with Crippen molar-refractivity contribution in [3.8, 4) is 17.1 Å². The lowest BCUT2D eigenvalue weighted by Crippen LogP contribution is -2.38. The molecule has 0 atom stereocenters. The minimum absolute atomic E-state index is 0.0395. The Morgan fingerprint density at radius 1 is 1.03 bits per heavy atom. The van der Waals surface area contributed by atoms with Gasteiger partial charge in [0.2, 0.25) is 11.7 Å². The third kappa shape index (κ3) is 3.47. The molecular weight excluding hydrogens is 448 g/mol. The lowest BCUT2D eigenvalue weighted by atomic mass is 10.1. The van der Waals surface area contributed by atoms with Crippen molar-refractivity contribution in [1.29, 1.82) is 0 Å². The molecule has 0 aliphatic heterocycles. The van der Waals surface area contributed by atoms with Gasteiger partial charge >= 0.3 is 5.69 Å². The van der Waals surface area contributed by atoms with Crippen molar-refractivity contribution < 1.29 is 4.52 Å². The van der Waals surface area contributed by atoms with Crippen molar-refractivity contribution in [2.45, 2.75) is 20.4 Å². The van der Waals surface area contributed by atoms with Gasteiger partial charge in [-0.25, -0.2) is 9.36 Å². The van der Waals surface area contributed by atoms with Gasteiger partial charge in [-0.15, -0.1) is 11.3 Å². The van der Waals surface area contributed by atoms with Crippen molar-refractivity contribution in [3.63, 3.8) is 0 Å². The summed E-state index contributed by atoms with van der Waals surface area (Å²) in [4.78, 5) is 30.9. The molecule has 3 aromatic heterocycles. The maximum Gasteiger partial charge on any atom is 0.336 e. The van der Waals surface area contributed by atoms with Crippen molar-refractivity contribution in [3.05, 3.63) is 96.8 Å². The molecule has 0 saturated carbocycles. The van der Waals surface area contributed by atoms with Crippen molar-refractivity contribution >= 4 is 33.2 Å². The Hall–Kier alpha value is -3.49. The molecule has 2 aromatic carbocycles. The number of benzene rings is 2. The van der Waals surface area contributed by atoms with Crippen molar-refractivity contribution in [2.24, 2.45) is 0 Å². The molecule has 5 rings (SSSR count). The number of nitrogens with zero attached hydrogens (tertiary/aromatic N) is 4. The first-order valence-electron chi connectivity index (χ1n) is 9.81. The molecule has 0 aliphatic carbocycles. The van der Waals surface area contributed by atoms with Crippen LogP contribution in [0.2, 0.25) is 5.02 Å². The predicted octanol–water partition coefficient (Wildman–Crippen LogP) is 4.58. The van der Waals surface area contributed by atoms with Crippen molar-refractivity contribution in [1.82, 2.24) is 19.3 Å². The van der Waals surface area contributed by atoms with Gasteiger partial charge in [-0.05, 0) is 66.8 Å². The monoisotopic (exact) mass is 464 g/mol. The minimum Gasteiger partial charge on any atom is -0.337 e. The number of fused-ring (bicyclic) bond motifs is 1. The van der Waals surface area contributed by atoms with E-state index in [0.29, 0.717) is 26.8 Å². The van der Waals surface area contributed by atoms with E-state index in [0.717, 1.165) is 15.7 Å². The van der Waals surface area contributed by atoms with E-state index in [1.54, 1.807) is 35.7 Å². The van der Waals surface area contributed by atoms with Crippen LogP contribution in [-0.2, 0) is 6.54 Å². The molecule has 0 bridgehead atoms. The molecule has 9 heteroatoms. The number of hydrogen-bond donors (Lipinski definition) is 0. The minimum atomic E-state index is -0.492. The molecule has 0 saturated heterocycles. The largest absolute Gasteiger partial charge is 0.337 e. The highest BCUT2D eigenvalue weighted by molar-refractivity contribution is 7.17. The molecule has 0 N–H and O–H groups in total. The molecule has 0 spiro atoms. The number of rotatable bonds is 4. The van der Waals surface area contributed by atoms with Crippen LogP contribution in [0, 0.1) is 13.8 Å². The molecule has 0 unspecified atom stereocenters. The lowest BCUT2D eigenvalue weighted by Gasteiger charge is -2.10. The normalized spacial score (nSPS) is 11.3. The highest BCUT2D eigenvalue weighted by Crippen LogP contribution is 2.21. The van der Waals surface area contributed by atoms with E-state index in [9.17, 15) is 9.59 Å². The summed E-state index contributed by atoms with van der Waals surface area (Å²) in [6, 6.07) is 14.2. The van der Waals surface area contributed by atoms with Gasteiger partial charge in [0, 0.05) is 10.6 Å². The zero-order chi connectivity index (χ0) is 22.4. The molecule has 7 nitrogen and oxygen atoms in total. The maximum atomic E-state index is 13.4. The van der Waals surface area contributed by atoms with Gasteiger partial charge in [0.05, 0.1) is 11.2 Å². The second-order valence-electron chi connectivity index (χ2n) is 7.43. The molecular formula is C23H17ClN4O3S. The second kappa shape index (κ2) is 7.89. The predicted molar refractivity (Wildman–Crippen MR) is 125 cm³/mol. The topological polar surface area (TPSA) is 82.9 Å². The van der Waals surface area contributed by atoms with Crippen LogP contribution >= 0.6 is 22.9 Å². The molecule has 160 valence electrons. The molecule has 0 aliphatic rings. The Morgan fingerprint density at radius 3 is 2.56 bits per heavy atom. The van der Waals surface area contributed by atoms with Crippen LogP contribution in [0.3, 0.4) is 0 Å². The van der Waals surface area contributed by atoms with E-state index in [1.165, 1.54) is 21.5 Å². The second-order valence-corrected chi connectivity index (χ2v) is 8.78. The SMILES string of the molecule is Cc1ccc(-c2noc(Cn3c(=O)n(-c4ccc(Cl)cc4)c(=O)c4sccc43)n2)cc1C. The number of thiophene rings is 1. The summed E-state index contributed by atoms with van der Waals surface area (Å²) in [5.41, 5.74) is 3.24. The maximum absolute atomic E-state index is 13.4. The highest BCUT2D eigenvalue weighted by Gasteiger charge is 2.18. The van der Waals surface area contributed by atoms with Crippen LogP contribution in [0.1, 0.15) is 17.0 Å². The quantitative estimate of drug-likeness (QED) is 0.388. The van der Waals surface area contributed by atoms with Gasteiger partial charge in [-0.3, -0.25) is 9.36 Å². The molecule has 3 heterocycles. The Kier molecular flexibility index (Phi) is 5.03. The summed E-state index contributed by atoms with van der Waals surface area (Å²) in [5, 5.41) is 6.37. The Labute approximate surface area is 191 Å². The van der Waals surface area contributed by atoms with Crippen LogP contribution in [0.5, 0.6) is 0 Å². The van der Waals surface area contributed by atoms with E-state index in [4.69, 9.17) is 16.1 Å². The summed E-state index contributed by atoms with van der Waals surface area (Å²) >= 11 is 7.25. The van der Waals surface area contributed by atoms with Gasteiger partial charge < -0.3 is 4.52 Å². The summed E-state index contributed by atoms with van der Waals surface area (Å²) in [7, 11) is 0. The Balaban J connectivity index is 1.61. The van der Waals surface area contributed by atoms with Gasteiger partial charge in [-0.2, -0.15) is 4.98 Å². The first-order chi connectivity index (χ1) is 15.4. The first-order valence-corrected chi connectivity index (χ1v) is 11.1. The van der Waals surface area contributed by atoms with Gasteiger partial charge in [-0.1, -0.05) is 28.9 Å². The molecule has 5 aromatic rings. The Bertz CT molecular complexity index is 1580. The molecule has 32 heavy (non-hydrogen) atoms. The van der Waals surface area contributed by atoms with Crippen LogP contribution in [0.15, 0.2) is 68.0 Å². The number of aromatic nitrogens is 4. The number of hydrogen-bond acceptors (Lipinski definition) is 6. The average molecular weight is 465 g/mol. The van der Waals surface area contributed by atoms with E-state index in [2.05, 4.69) is 10.1 Å². The fourth-order valence-corrected chi connectivity index (χ4v) is 4.46. The standard InChI is InChI=1S/C23H17ClN4O3S/c1-13-3-4-15(11-14(13)2)21-25-19(31-26-21)12-27-18-9-10-32-20(18)22(29)28(23(27)30)17-7-5-16(24)6-8-17/h3-11H,12H2,1-2H3. The molecule has 0 radical (unpaired) electrons. The number of halogens is 1. The van der Waals surface area contributed by atoms with Crippen LogP contribution in [0.25, 0.3) is 27.3 Å². The Morgan fingerprint density at radius 2 is 1.81 bits per heavy atom. The van der Waals surface area contributed by atoms with Crippen LogP contribution in [-0.4, -0.2) is 19.3 Å². The smallest absolute Gasteiger partial charge is 0.336 e. The van der Waals surface area contributed by atoms with Gasteiger partial charge in [0.15, 0.2) is 0 Å². The fraction of sp³-hybridized carbons (Fsp3) is 0.130. The van der Waals surface area contributed by atoms with Gasteiger partial charge in [0.25, 0.3) is 5.56 Å². The van der Waals surface area contributed by atoms with Crippen LogP contribution < -0.4 is 11.2 Å². The van der Waals surface area contributed by atoms with E-state index >= 15 is 0 Å². The third-order valence-electron chi connectivity index (χ3n) is 5.37. The lowest BCUT2D eigenvalue weighted by molar-refractivity contribution is 0.370. The molecule has 0 fully saturated rings. The zero-order valence-electron chi connectivity index (χ0n) is 17.2. The summed E-state index contributed by atoms with van der Waals surface area (Å²) in [5.74, 6) is 0.720. The average Bonchev–Trinajstić information content (AvgIpc) is 3.44. The summed E-state index contributed by atoms with van der Waals surface area (Å²) in [6.45, 7) is 4.10. The third-order valence-corrected chi connectivity index (χ3v) is 6.51. The van der Waals surface area contributed by atoms with E-state index < -0.39 is 5.69 Å². The molecule has 0 amide bonds. The fourth-order valence-electron chi connectivity index (χ4n) is 3.51. The summed E-state index contributed by atoms with van der Waals surface area (Å²) in [6.07, 6.45) is 0. The first kappa shape index (κ1) is 20.4. The van der Waals surface area contributed by atoms with E-state index in [-0.39, 0.29) is 18.0 Å². The zero-order valence-corrected chi connectivity index (χ0v) is 18.8. The van der Waals surface area contributed by atoms with Gasteiger partial charge in [0.1, 0.15) is 11.2 Å². The van der Waals surface area contributed by atoms with Crippen LogP contribution in [0.4, 0.5) is 0 Å².